The van der Waals surface area contributed by atoms with Crippen molar-refractivity contribution in [3.8, 4) is 0 Å². The molecule has 16 heavy (non-hydrogen) atoms. The van der Waals surface area contributed by atoms with Gasteiger partial charge in [0.2, 0.25) is 0 Å². The zero-order valence-corrected chi connectivity index (χ0v) is 8.45. The number of halogens is 2. The zero-order chi connectivity index (χ0) is 11.6. The van der Waals surface area contributed by atoms with Gasteiger partial charge in [-0.05, 0) is 5.56 Å². The Morgan fingerprint density at radius 2 is 2.00 bits per heavy atom. The average molecular weight is 223 g/mol. The predicted molar refractivity (Wildman–Crippen MR) is 57.9 cm³/mol. The van der Waals surface area contributed by atoms with Crippen LogP contribution in [-0.4, -0.2) is 11.9 Å². The lowest BCUT2D eigenvalue weighted by Crippen LogP contribution is -2.53. The molecule has 0 saturated heterocycles. The standard InChI is InChI=1S/C11H11F2N3/c12-10-11(13,14)15-7-9(16-10)6-8-4-2-1-3-5-8/h1-5,7,15H,6,14H2. The van der Waals surface area contributed by atoms with Crippen LogP contribution in [0.1, 0.15) is 5.56 Å². The van der Waals surface area contributed by atoms with Gasteiger partial charge in [-0.2, -0.15) is 8.78 Å². The first-order valence-electron chi connectivity index (χ1n) is 4.81. The van der Waals surface area contributed by atoms with E-state index in [9.17, 15) is 8.78 Å². The van der Waals surface area contributed by atoms with Gasteiger partial charge in [-0.1, -0.05) is 30.3 Å². The number of aliphatic imine (C=N–C) groups is 1. The van der Waals surface area contributed by atoms with Gasteiger partial charge < -0.3 is 5.32 Å². The van der Waals surface area contributed by atoms with Crippen molar-refractivity contribution in [2.45, 2.75) is 12.3 Å². The van der Waals surface area contributed by atoms with E-state index in [4.69, 9.17) is 5.73 Å². The molecule has 5 heteroatoms. The summed E-state index contributed by atoms with van der Waals surface area (Å²) in [4.78, 5) is 3.48. The molecule has 1 aliphatic heterocycles. The Morgan fingerprint density at radius 3 is 2.62 bits per heavy atom. The molecular formula is C11H11F2N3. The van der Waals surface area contributed by atoms with Crippen molar-refractivity contribution in [2.75, 3.05) is 0 Å². The van der Waals surface area contributed by atoms with Crippen LogP contribution in [-0.2, 0) is 6.42 Å². The van der Waals surface area contributed by atoms with E-state index < -0.39 is 11.9 Å². The van der Waals surface area contributed by atoms with Crippen LogP contribution in [0.15, 0.2) is 47.2 Å². The van der Waals surface area contributed by atoms with Crippen molar-refractivity contribution >= 4 is 5.97 Å². The zero-order valence-electron chi connectivity index (χ0n) is 8.45. The minimum atomic E-state index is -2.68. The molecule has 1 aliphatic rings. The van der Waals surface area contributed by atoms with Crippen molar-refractivity contribution in [2.24, 2.45) is 10.7 Å². The maximum absolute atomic E-state index is 13.1. The summed E-state index contributed by atoms with van der Waals surface area (Å²) in [5.41, 5.74) is 6.32. The Labute approximate surface area is 91.7 Å². The summed E-state index contributed by atoms with van der Waals surface area (Å²) in [6.45, 7) is 0. The van der Waals surface area contributed by atoms with Gasteiger partial charge in [0, 0.05) is 12.6 Å². The smallest absolute Gasteiger partial charge is 0.303 e. The molecule has 1 heterocycles. The lowest BCUT2D eigenvalue weighted by atomic mass is 10.1. The largest absolute Gasteiger partial charge is 0.339 e. The second-order valence-corrected chi connectivity index (χ2v) is 3.56. The summed E-state index contributed by atoms with van der Waals surface area (Å²) in [6.07, 6.45) is 1.72. The number of benzene rings is 1. The first-order valence-corrected chi connectivity index (χ1v) is 4.81. The first-order chi connectivity index (χ1) is 7.58. The van der Waals surface area contributed by atoms with Crippen LogP contribution >= 0.6 is 0 Å². The molecule has 84 valence electrons. The normalized spacial score (nSPS) is 24.4. The summed E-state index contributed by atoms with van der Waals surface area (Å²) < 4.78 is 26.2. The third-order valence-corrected chi connectivity index (χ3v) is 2.22. The number of nitrogens with one attached hydrogen (secondary N) is 1. The van der Waals surface area contributed by atoms with Crippen LogP contribution in [0.3, 0.4) is 0 Å². The Hall–Kier alpha value is -1.75. The van der Waals surface area contributed by atoms with Crippen LogP contribution in [0.5, 0.6) is 0 Å². The van der Waals surface area contributed by atoms with Crippen molar-refractivity contribution in [3.63, 3.8) is 0 Å². The fraction of sp³-hybridized carbons (Fsp3) is 0.182. The summed E-state index contributed by atoms with van der Waals surface area (Å²) in [5, 5.41) is 2.12. The third kappa shape index (κ3) is 2.25. The van der Waals surface area contributed by atoms with Crippen molar-refractivity contribution in [3.05, 3.63) is 47.8 Å². The number of hydrogen-bond acceptors (Lipinski definition) is 3. The summed E-state index contributed by atoms with van der Waals surface area (Å²) in [5.74, 6) is -3.93. The fourth-order valence-electron chi connectivity index (χ4n) is 1.38. The van der Waals surface area contributed by atoms with Crippen molar-refractivity contribution in [1.82, 2.24) is 5.32 Å². The number of nitrogens with two attached hydrogens (primary N) is 1. The topological polar surface area (TPSA) is 50.4 Å². The molecule has 1 aromatic rings. The molecule has 3 N–H and O–H groups in total. The highest BCUT2D eigenvalue weighted by molar-refractivity contribution is 5.84. The highest BCUT2D eigenvalue weighted by atomic mass is 19.2. The van der Waals surface area contributed by atoms with Gasteiger partial charge in [0.25, 0.3) is 5.97 Å². The van der Waals surface area contributed by atoms with Gasteiger partial charge in [0.1, 0.15) is 0 Å². The van der Waals surface area contributed by atoms with E-state index in [0.29, 0.717) is 12.1 Å². The molecule has 0 fully saturated rings. The summed E-state index contributed by atoms with van der Waals surface area (Å²) >= 11 is 0. The maximum Gasteiger partial charge on any atom is 0.303 e. The van der Waals surface area contributed by atoms with Crippen LogP contribution in [0, 0.1) is 0 Å². The lowest BCUT2D eigenvalue weighted by Gasteiger charge is -2.22. The molecule has 0 spiro atoms. The van der Waals surface area contributed by atoms with Gasteiger partial charge in [0.05, 0.1) is 5.70 Å². The first kappa shape index (κ1) is 10.8. The number of rotatable bonds is 2. The van der Waals surface area contributed by atoms with Crippen molar-refractivity contribution < 1.29 is 8.78 Å². The van der Waals surface area contributed by atoms with E-state index in [0.717, 1.165) is 5.56 Å². The number of allylic oxidation sites excluding steroid dienone is 1. The molecule has 0 amide bonds. The Kier molecular flexibility index (Phi) is 2.70. The van der Waals surface area contributed by atoms with E-state index in [1.165, 1.54) is 6.20 Å². The SMILES string of the molecule is NC1(F)NC=C(Cc2ccccc2)N=C1F. The highest BCUT2D eigenvalue weighted by Crippen LogP contribution is 2.16. The van der Waals surface area contributed by atoms with E-state index in [1.807, 2.05) is 30.3 Å². The Balaban J connectivity index is 2.12. The number of alkyl halides is 1. The highest BCUT2D eigenvalue weighted by Gasteiger charge is 2.33. The Bertz CT molecular complexity index is 438. The molecule has 0 radical (unpaired) electrons. The van der Waals surface area contributed by atoms with E-state index >= 15 is 0 Å². The number of hydrogen-bond donors (Lipinski definition) is 2. The molecule has 0 bridgehead atoms. The monoisotopic (exact) mass is 223 g/mol. The number of nitrogens with zero attached hydrogens (tertiary/aromatic N) is 1. The van der Waals surface area contributed by atoms with E-state index in [1.54, 1.807) is 0 Å². The molecule has 1 atom stereocenters. The second-order valence-electron chi connectivity index (χ2n) is 3.56. The van der Waals surface area contributed by atoms with Crippen LogP contribution in [0.4, 0.5) is 8.78 Å². The summed E-state index contributed by atoms with van der Waals surface area (Å²) in [7, 11) is 0. The molecule has 1 unspecified atom stereocenters. The van der Waals surface area contributed by atoms with Crippen LogP contribution in [0.25, 0.3) is 0 Å². The lowest BCUT2D eigenvalue weighted by molar-refractivity contribution is 0.213. The maximum atomic E-state index is 13.1. The van der Waals surface area contributed by atoms with Crippen molar-refractivity contribution in [1.29, 1.82) is 0 Å². The van der Waals surface area contributed by atoms with Crippen LogP contribution < -0.4 is 11.1 Å². The van der Waals surface area contributed by atoms with E-state index in [2.05, 4.69) is 10.3 Å². The van der Waals surface area contributed by atoms with Crippen LogP contribution in [0.2, 0.25) is 0 Å². The molecule has 0 aliphatic carbocycles. The van der Waals surface area contributed by atoms with Gasteiger partial charge in [-0.15, -0.1) is 0 Å². The van der Waals surface area contributed by atoms with Gasteiger partial charge in [-0.25, -0.2) is 4.99 Å². The molecule has 3 nitrogen and oxygen atoms in total. The quantitative estimate of drug-likeness (QED) is 0.748. The minimum Gasteiger partial charge on any atom is -0.339 e. The average Bonchev–Trinajstić information content (AvgIpc) is 2.26. The predicted octanol–water partition coefficient (Wildman–Crippen LogP) is 1.62. The molecule has 2 rings (SSSR count). The fourth-order valence-corrected chi connectivity index (χ4v) is 1.38. The third-order valence-electron chi connectivity index (χ3n) is 2.22. The van der Waals surface area contributed by atoms with Gasteiger partial charge >= 0.3 is 5.92 Å². The van der Waals surface area contributed by atoms with E-state index in [-0.39, 0.29) is 0 Å². The molecule has 0 aromatic heterocycles. The minimum absolute atomic E-state index is 0.405. The molecular weight excluding hydrogens is 212 g/mol. The Morgan fingerprint density at radius 1 is 1.31 bits per heavy atom. The summed E-state index contributed by atoms with van der Waals surface area (Å²) in [6, 6.07) is 9.39. The van der Waals surface area contributed by atoms with Gasteiger partial charge in [0.15, 0.2) is 0 Å². The molecule has 0 saturated carbocycles. The molecule has 1 aromatic carbocycles. The van der Waals surface area contributed by atoms with Gasteiger partial charge in [-0.3, -0.25) is 5.73 Å². The second kappa shape index (κ2) is 4.02.